The van der Waals surface area contributed by atoms with Crippen molar-refractivity contribution in [2.45, 2.75) is 137 Å². The molecule has 3 saturated heterocycles. The van der Waals surface area contributed by atoms with E-state index >= 15 is 0 Å². The van der Waals surface area contributed by atoms with E-state index in [-0.39, 0.29) is 25.1 Å². The van der Waals surface area contributed by atoms with E-state index in [1.165, 1.54) is 42.5 Å². The van der Waals surface area contributed by atoms with Gasteiger partial charge in [0.1, 0.15) is 17.7 Å². The number of aliphatic carboxylic acids is 1. The quantitative estimate of drug-likeness (QED) is 0.101. The number of carbonyl (C=O) groups excluding carboxylic acids is 3. The van der Waals surface area contributed by atoms with E-state index in [1.54, 1.807) is 27.9 Å². The summed E-state index contributed by atoms with van der Waals surface area (Å²) in [6.45, 7) is 20.4. The van der Waals surface area contributed by atoms with Crippen molar-refractivity contribution in [1.82, 2.24) is 35.2 Å². The number of methoxy groups -OCH3 is 1. The van der Waals surface area contributed by atoms with Gasteiger partial charge in [-0.3, -0.25) is 29.3 Å². The number of esters is 1. The van der Waals surface area contributed by atoms with Gasteiger partial charge in [-0.15, -0.1) is 11.3 Å². The number of anilines is 1. The highest BCUT2D eigenvalue weighted by atomic mass is 32.1. The van der Waals surface area contributed by atoms with Gasteiger partial charge in [-0.1, -0.05) is 26.3 Å². The topological polar surface area (TPSA) is 181 Å². The number of hydrogen-bond donors (Lipinski definition) is 3. The maximum Gasteiger partial charge on any atom is 0.408 e. The number of nitrogens with zero attached hydrogens (tertiary/aromatic N) is 6. The van der Waals surface area contributed by atoms with Crippen molar-refractivity contribution >= 4 is 51.9 Å². The Balaban J connectivity index is 1.29. The highest BCUT2D eigenvalue weighted by Gasteiger charge is 2.35. The van der Waals surface area contributed by atoms with Gasteiger partial charge < -0.3 is 34.1 Å². The number of aryl methyl sites for hydroxylation is 1. The maximum atomic E-state index is 14.0. The molecule has 3 aliphatic rings. The smallest absolute Gasteiger partial charge is 0.408 e. The lowest BCUT2D eigenvalue weighted by Crippen LogP contribution is -2.60. The van der Waals surface area contributed by atoms with Crippen molar-refractivity contribution in [3.63, 3.8) is 0 Å². The summed E-state index contributed by atoms with van der Waals surface area (Å²) in [7, 11) is 1.71. The number of hydrogen-bond acceptors (Lipinski definition) is 13. The number of piperidine rings is 1. The largest absolute Gasteiger partial charge is 0.480 e. The molecule has 16 nitrogen and oxygen atoms in total. The maximum absolute atomic E-state index is 14.0. The fraction of sp³-hybridized carbons (Fsp3) is 0.592. The number of benzene rings is 1. The zero-order valence-electron chi connectivity index (χ0n) is 40.1. The molecule has 3 aliphatic heterocycles. The lowest BCUT2D eigenvalue weighted by molar-refractivity contribution is -0.148. The van der Waals surface area contributed by atoms with Crippen molar-refractivity contribution < 1.29 is 38.5 Å². The Morgan fingerprint density at radius 2 is 1.82 bits per heavy atom. The average Bonchev–Trinajstić information content (AvgIpc) is 3.88. The van der Waals surface area contributed by atoms with Crippen LogP contribution in [0.25, 0.3) is 33.4 Å². The zero-order valence-corrected chi connectivity index (χ0v) is 40.9. The van der Waals surface area contributed by atoms with Gasteiger partial charge in [0.25, 0.3) is 5.91 Å². The molecule has 0 saturated carbocycles. The number of aromatic nitrogens is 3. The van der Waals surface area contributed by atoms with Gasteiger partial charge in [0.2, 0.25) is 0 Å². The van der Waals surface area contributed by atoms with Gasteiger partial charge in [-0.25, -0.2) is 15.2 Å². The lowest BCUT2D eigenvalue weighted by Gasteiger charge is -2.45. The molecule has 7 rings (SSSR count). The Bertz CT molecular complexity index is 2410. The summed E-state index contributed by atoms with van der Waals surface area (Å²) in [6.07, 6.45) is 6.21. The molecule has 3 N–H and O–H groups in total. The normalized spacial score (nSPS) is 19.3. The second kappa shape index (κ2) is 20.4. The van der Waals surface area contributed by atoms with Crippen LogP contribution in [-0.2, 0) is 48.0 Å². The van der Waals surface area contributed by atoms with Crippen LogP contribution in [-0.4, -0.2) is 124 Å². The molecule has 1 aromatic carbocycles. The molecule has 4 atom stereocenters. The van der Waals surface area contributed by atoms with Crippen molar-refractivity contribution in [2.24, 2.45) is 5.41 Å². The predicted molar refractivity (Wildman–Crippen MR) is 255 cm³/mol. The number of amides is 2. The number of fused-ring (bicyclic) bond motifs is 2. The number of carboxylic acid groups (broad SMARTS) is 1. The summed E-state index contributed by atoms with van der Waals surface area (Å²) in [5.41, 5.74) is 9.29. The van der Waals surface area contributed by atoms with Crippen molar-refractivity contribution in [1.29, 1.82) is 0 Å². The molecule has 0 spiro atoms. The van der Waals surface area contributed by atoms with E-state index < -0.39 is 41.1 Å². The molecule has 0 radical (unpaired) electrons. The van der Waals surface area contributed by atoms with Gasteiger partial charge in [0, 0.05) is 92.0 Å². The second-order valence-corrected chi connectivity index (χ2v) is 20.7. The minimum Gasteiger partial charge on any atom is -0.480 e. The number of piperazine rings is 1. The molecule has 358 valence electrons. The first-order chi connectivity index (χ1) is 31.3. The van der Waals surface area contributed by atoms with Crippen molar-refractivity contribution in [3.05, 3.63) is 52.1 Å². The molecular weight excluding hydrogens is 861 g/mol. The number of hydrazine groups is 1. The number of alkyl carbamates (subject to hydrolysis) is 1. The number of thiazole rings is 1. The van der Waals surface area contributed by atoms with Gasteiger partial charge in [-0.05, 0) is 97.0 Å². The molecule has 17 heteroatoms. The second-order valence-electron chi connectivity index (χ2n) is 19.7. The summed E-state index contributed by atoms with van der Waals surface area (Å²) < 4.78 is 19.5. The lowest BCUT2D eigenvalue weighted by atomic mass is 9.84. The molecule has 0 unspecified atom stereocenters. The number of nitrogens with one attached hydrogen (secondary N) is 2. The van der Waals surface area contributed by atoms with Gasteiger partial charge >= 0.3 is 18.0 Å². The van der Waals surface area contributed by atoms with Crippen molar-refractivity contribution in [2.75, 3.05) is 51.3 Å². The predicted octanol–water partition coefficient (Wildman–Crippen LogP) is 7.38. The molecule has 6 heterocycles. The van der Waals surface area contributed by atoms with E-state index in [9.17, 15) is 24.3 Å². The van der Waals surface area contributed by atoms with Crippen LogP contribution in [0.4, 0.5) is 10.5 Å². The van der Waals surface area contributed by atoms with E-state index in [4.69, 9.17) is 24.2 Å². The van der Waals surface area contributed by atoms with Gasteiger partial charge in [-0.2, -0.15) is 0 Å². The SMILES string of the molecule is CCn1c(-c2cc(N3CCN4CCCC[C@@H]4C3)cnc2[C@H](C)OC)c(CC(C)(C)COC(C)=O)c2cc(-c3csc(C[C@H](NC(=O)OC(C)(C)C)C(=O)N4CCC[C@@H](C(=O)O)N4)n3)ccc21. The van der Waals surface area contributed by atoms with Crippen LogP contribution >= 0.6 is 11.3 Å². The third kappa shape index (κ3) is 11.3. The number of pyridine rings is 1. The van der Waals surface area contributed by atoms with Crippen LogP contribution in [0.15, 0.2) is 35.8 Å². The van der Waals surface area contributed by atoms with Gasteiger partial charge in [0.05, 0.1) is 46.7 Å². The van der Waals surface area contributed by atoms with Crippen molar-refractivity contribution in [3.8, 4) is 22.5 Å². The first-order valence-corrected chi connectivity index (χ1v) is 24.3. The molecule has 3 aromatic heterocycles. The zero-order chi connectivity index (χ0) is 47.5. The van der Waals surface area contributed by atoms with Crippen LogP contribution in [0.3, 0.4) is 0 Å². The van der Waals surface area contributed by atoms with E-state index in [2.05, 4.69) is 70.1 Å². The molecule has 3 fully saturated rings. The van der Waals surface area contributed by atoms with E-state index in [0.717, 1.165) is 70.8 Å². The molecule has 0 aliphatic carbocycles. The Morgan fingerprint density at radius 1 is 1.03 bits per heavy atom. The fourth-order valence-corrected chi connectivity index (χ4v) is 10.4. The Kier molecular flexibility index (Phi) is 15.1. The average molecular weight is 929 g/mol. The molecule has 4 aromatic rings. The molecule has 66 heavy (non-hydrogen) atoms. The van der Waals surface area contributed by atoms with Gasteiger partial charge in [0.15, 0.2) is 0 Å². The Hall–Kier alpha value is -5.10. The van der Waals surface area contributed by atoms with E-state index in [0.29, 0.717) is 49.1 Å². The number of carbonyl (C=O) groups is 4. The molecule has 2 amide bonds. The van der Waals surface area contributed by atoms with Crippen LogP contribution in [0.1, 0.15) is 110 Å². The Labute approximate surface area is 392 Å². The van der Waals surface area contributed by atoms with Crippen LogP contribution < -0.4 is 15.6 Å². The number of rotatable bonds is 15. The highest BCUT2D eigenvalue weighted by Crippen LogP contribution is 2.43. The Morgan fingerprint density at radius 3 is 2.53 bits per heavy atom. The first kappa shape index (κ1) is 48.8. The number of carboxylic acids is 1. The monoisotopic (exact) mass is 928 g/mol. The van der Waals surface area contributed by atoms with Crippen LogP contribution in [0, 0.1) is 5.41 Å². The van der Waals surface area contributed by atoms with Crippen LogP contribution in [0.5, 0.6) is 0 Å². The summed E-state index contributed by atoms with van der Waals surface area (Å²) >= 11 is 1.38. The standard InChI is InChI=1S/C49H68N8O8S/c1-10-56-41-17-16-32(40-28-66-42(51-40)24-39(52-47(62)65-48(4,5)6)45(59)57-19-13-15-38(53-57)46(60)61)22-35(41)37(25-49(7,8)29-64-31(3)58)44(56)36-23-34(26-50-43(36)30(2)63-9)55-21-20-54-18-12-11-14-33(54)27-55/h16-17,22-23,26,28,30,33,38-39,53H,10-15,18-21,24-25,27,29H2,1-9H3,(H,52,62)(H,60,61)/t30-,33+,38-,39-/m0/s1. The summed E-state index contributed by atoms with van der Waals surface area (Å²) in [6, 6.07) is 7.21. The minimum absolute atomic E-state index is 0.0620. The minimum atomic E-state index is -1.08. The molecule has 0 bridgehead atoms. The summed E-state index contributed by atoms with van der Waals surface area (Å²) in [5.74, 6) is -1.85. The third-order valence-corrected chi connectivity index (χ3v) is 13.7. The molecular formula is C49H68N8O8S. The summed E-state index contributed by atoms with van der Waals surface area (Å²) in [4.78, 5) is 66.3. The summed E-state index contributed by atoms with van der Waals surface area (Å²) in [5, 5.41) is 17.3. The first-order valence-electron chi connectivity index (χ1n) is 23.4. The number of ether oxygens (including phenoxy) is 3. The van der Waals surface area contributed by atoms with E-state index in [1.807, 2.05) is 18.5 Å². The highest BCUT2D eigenvalue weighted by molar-refractivity contribution is 7.10. The van der Waals surface area contributed by atoms with Crippen LogP contribution in [0.2, 0.25) is 0 Å². The third-order valence-electron chi connectivity index (χ3n) is 12.9. The fourth-order valence-electron chi connectivity index (χ4n) is 9.55.